The van der Waals surface area contributed by atoms with Crippen molar-refractivity contribution in [2.75, 3.05) is 5.32 Å². The molecule has 130 valence electrons. The van der Waals surface area contributed by atoms with E-state index in [0.29, 0.717) is 27.6 Å². The van der Waals surface area contributed by atoms with Crippen LogP contribution in [0.15, 0.2) is 30.3 Å². The van der Waals surface area contributed by atoms with E-state index in [9.17, 15) is 18.0 Å². The lowest BCUT2D eigenvalue weighted by atomic mass is 10.2. The molecule has 0 aliphatic rings. The van der Waals surface area contributed by atoms with Crippen LogP contribution in [0.4, 0.5) is 18.9 Å². The molecule has 0 fully saturated rings. The highest BCUT2D eigenvalue weighted by Crippen LogP contribution is 2.29. The van der Waals surface area contributed by atoms with Crippen LogP contribution in [0.3, 0.4) is 0 Å². The molecule has 2 aromatic heterocycles. The summed E-state index contributed by atoms with van der Waals surface area (Å²) >= 11 is 0.990. The Balaban J connectivity index is 1.80. The van der Waals surface area contributed by atoms with Gasteiger partial charge in [0.25, 0.3) is 5.91 Å². The predicted octanol–water partition coefficient (Wildman–Crippen LogP) is 3.61. The van der Waals surface area contributed by atoms with E-state index in [2.05, 4.69) is 20.0 Å². The minimum absolute atomic E-state index is 0.338. The fraction of sp³-hybridized carbons (Fsp3) is 0.200. The molecule has 6 nitrogen and oxygen atoms in total. The van der Waals surface area contributed by atoms with Crippen molar-refractivity contribution in [1.82, 2.24) is 19.4 Å². The first-order valence-corrected chi connectivity index (χ1v) is 7.87. The number of rotatable bonds is 3. The second-order valence-corrected chi connectivity index (χ2v) is 6.02. The lowest BCUT2D eigenvalue weighted by Crippen LogP contribution is -2.11. The van der Waals surface area contributed by atoms with Gasteiger partial charge in [0, 0.05) is 11.4 Å². The van der Waals surface area contributed by atoms with Gasteiger partial charge in [-0.15, -0.1) is 5.10 Å². The Bertz CT molecular complexity index is 914. The molecule has 1 aromatic carbocycles. The molecule has 3 rings (SSSR count). The van der Waals surface area contributed by atoms with E-state index in [1.165, 1.54) is 11.6 Å². The zero-order valence-electron chi connectivity index (χ0n) is 13.1. The van der Waals surface area contributed by atoms with Gasteiger partial charge in [0.2, 0.25) is 0 Å². The largest absolute Gasteiger partial charge is 0.435 e. The van der Waals surface area contributed by atoms with Gasteiger partial charge in [-0.25, -0.2) is 4.68 Å². The van der Waals surface area contributed by atoms with E-state index < -0.39 is 11.9 Å². The Hall–Kier alpha value is -2.75. The summed E-state index contributed by atoms with van der Waals surface area (Å²) in [5, 5.41) is 10.0. The molecule has 0 saturated carbocycles. The van der Waals surface area contributed by atoms with Gasteiger partial charge in [-0.3, -0.25) is 4.79 Å². The van der Waals surface area contributed by atoms with Crippen LogP contribution in [0.1, 0.15) is 26.8 Å². The number of alkyl halides is 3. The third-order valence-electron chi connectivity index (χ3n) is 3.41. The average molecular weight is 367 g/mol. The number of carbonyl (C=O) groups excluding carboxylic acids is 1. The Labute approximate surface area is 144 Å². The topological polar surface area (TPSA) is 72.7 Å². The molecule has 0 radical (unpaired) electrons. The van der Waals surface area contributed by atoms with E-state index in [-0.39, 0.29) is 5.91 Å². The number of amides is 1. The maximum absolute atomic E-state index is 12.7. The van der Waals surface area contributed by atoms with Crippen molar-refractivity contribution < 1.29 is 18.0 Å². The summed E-state index contributed by atoms with van der Waals surface area (Å²) in [6, 6.07) is 7.31. The van der Waals surface area contributed by atoms with Crippen LogP contribution in [0.5, 0.6) is 0 Å². The van der Waals surface area contributed by atoms with Crippen molar-refractivity contribution in [1.29, 1.82) is 0 Å². The molecular weight excluding hydrogens is 355 g/mol. The smallest absolute Gasteiger partial charge is 0.321 e. The second kappa shape index (κ2) is 6.28. The minimum atomic E-state index is -4.50. The van der Waals surface area contributed by atoms with E-state index in [0.717, 1.165) is 17.6 Å². The molecule has 0 saturated heterocycles. The number of nitrogens with one attached hydrogen (secondary N) is 1. The van der Waals surface area contributed by atoms with Gasteiger partial charge >= 0.3 is 6.18 Å². The average Bonchev–Trinajstić information content (AvgIpc) is 3.14. The molecule has 2 heterocycles. The summed E-state index contributed by atoms with van der Waals surface area (Å²) in [6.07, 6.45) is -4.50. The summed E-state index contributed by atoms with van der Waals surface area (Å²) in [5.41, 5.74) is 0.904. The number of nitrogens with zero attached hydrogens (tertiary/aromatic N) is 4. The van der Waals surface area contributed by atoms with Crippen LogP contribution in [-0.2, 0) is 6.18 Å². The van der Waals surface area contributed by atoms with Gasteiger partial charge in [-0.1, -0.05) is 4.49 Å². The van der Waals surface area contributed by atoms with Crippen LogP contribution in [0.25, 0.3) is 5.69 Å². The molecule has 25 heavy (non-hydrogen) atoms. The van der Waals surface area contributed by atoms with Crippen molar-refractivity contribution >= 4 is 23.1 Å². The lowest BCUT2D eigenvalue weighted by molar-refractivity contribution is -0.141. The number of anilines is 1. The van der Waals surface area contributed by atoms with E-state index in [1.54, 1.807) is 31.2 Å². The molecule has 0 bridgehead atoms. The maximum atomic E-state index is 12.7. The van der Waals surface area contributed by atoms with Gasteiger partial charge in [0.05, 0.1) is 11.4 Å². The number of aromatic nitrogens is 4. The maximum Gasteiger partial charge on any atom is 0.435 e. The quantitative estimate of drug-likeness (QED) is 0.768. The summed E-state index contributed by atoms with van der Waals surface area (Å²) < 4.78 is 43.1. The van der Waals surface area contributed by atoms with Crippen molar-refractivity contribution in [2.45, 2.75) is 20.0 Å². The number of benzene rings is 1. The highest BCUT2D eigenvalue weighted by Gasteiger charge is 2.34. The van der Waals surface area contributed by atoms with Crippen molar-refractivity contribution in [3.63, 3.8) is 0 Å². The monoisotopic (exact) mass is 367 g/mol. The van der Waals surface area contributed by atoms with E-state index >= 15 is 0 Å². The highest BCUT2D eigenvalue weighted by molar-refractivity contribution is 7.08. The number of aryl methyl sites for hydroxylation is 2. The Morgan fingerprint density at radius 1 is 1.20 bits per heavy atom. The number of hydrogen-bond acceptors (Lipinski definition) is 5. The molecule has 0 unspecified atom stereocenters. The fourth-order valence-corrected chi connectivity index (χ4v) is 2.74. The molecule has 10 heteroatoms. The fourth-order valence-electron chi connectivity index (χ4n) is 2.19. The summed E-state index contributed by atoms with van der Waals surface area (Å²) in [6.45, 7) is 3.22. The first-order valence-electron chi connectivity index (χ1n) is 7.10. The highest BCUT2D eigenvalue weighted by atomic mass is 32.1. The van der Waals surface area contributed by atoms with Gasteiger partial charge in [0.1, 0.15) is 4.88 Å². The Kier molecular flexibility index (Phi) is 4.29. The van der Waals surface area contributed by atoms with E-state index in [4.69, 9.17) is 0 Å². The zero-order chi connectivity index (χ0) is 18.2. The van der Waals surface area contributed by atoms with Gasteiger partial charge in [-0.05, 0) is 55.7 Å². The molecule has 0 spiro atoms. The normalized spacial score (nSPS) is 11.6. The number of halogens is 3. The third-order valence-corrected chi connectivity index (χ3v) is 4.23. The van der Waals surface area contributed by atoms with Crippen LogP contribution < -0.4 is 5.32 Å². The first-order chi connectivity index (χ1) is 11.8. The molecule has 0 atom stereocenters. The minimum Gasteiger partial charge on any atom is -0.321 e. The second-order valence-electron chi connectivity index (χ2n) is 5.27. The van der Waals surface area contributed by atoms with Crippen molar-refractivity contribution in [2.24, 2.45) is 0 Å². The Morgan fingerprint density at radius 3 is 2.40 bits per heavy atom. The summed E-state index contributed by atoms with van der Waals surface area (Å²) in [7, 11) is 0. The van der Waals surface area contributed by atoms with Crippen LogP contribution in [0.2, 0.25) is 0 Å². The van der Waals surface area contributed by atoms with Crippen molar-refractivity contribution in [3.05, 3.63) is 52.3 Å². The standard InChI is InChI=1S/C15H12F3N5OS/c1-8-7-12(15(16,17)18)21-23(8)11-5-3-10(4-6-11)19-14(24)13-9(2)20-22-25-13/h3-7H,1-2H3,(H,19,24). The lowest BCUT2D eigenvalue weighted by Gasteiger charge is -2.07. The van der Waals surface area contributed by atoms with Crippen LogP contribution >= 0.6 is 11.5 Å². The van der Waals surface area contributed by atoms with Gasteiger partial charge in [0.15, 0.2) is 5.69 Å². The van der Waals surface area contributed by atoms with Gasteiger partial charge < -0.3 is 5.32 Å². The molecule has 1 N–H and O–H groups in total. The Morgan fingerprint density at radius 2 is 1.88 bits per heavy atom. The summed E-state index contributed by atoms with van der Waals surface area (Å²) in [5.74, 6) is -0.338. The van der Waals surface area contributed by atoms with Gasteiger partial charge in [-0.2, -0.15) is 18.3 Å². The first kappa shape index (κ1) is 17.1. The third kappa shape index (κ3) is 3.53. The SMILES string of the molecule is Cc1nnsc1C(=O)Nc1ccc(-n2nc(C(F)(F)F)cc2C)cc1. The molecule has 0 aliphatic heterocycles. The molecular formula is C15H12F3N5OS. The summed E-state index contributed by atoms with van der Waals surface area (Å²) in [4.78, 5) is 12.5. The molecule has 0 aliphatic carbocycles. The van der Waals surface area contributed by atoms with Crippen LogP contribution in [0, 0.1) is 13.8 Å². The predicted molar refractivity (Wildman–Crippen MR) is 85.9 cm³/mol. The molecule has 1 amide bonds. The zero-order valence-corrected chi connectivity index (χ0v) is 13.9. The van der Waals surface area contributed by atoms with Crippen LogP contribution in [-0.4, -0.2) is 25.3 Å². The number of carbonyl (C=O) groups is 1. The van der Waals surface area contributed by atoms with Crippen molar-refractivity contribution in [3.8, 4) is 5.69 Å². The number of hydrogen-bond donors (Lipinski definition) is 1. The molecule has 3 aromatic rings. The van der Waals surface area contributed by atoms with E-state index in [1.807, 2.05) is 0 Å².